The zero-order valence-corrected chi connectivity index (χ0v) is 10.5. The molecule has 0 amide bonds. The molecule has 1 heterocycles. The molecule has 0 aromatic carbocycles. The van der Waals surface area contributed by atoms with Crippen LogP contribution in [0.3, 0.4) is 0 Å². The molecule has 0 saturated heterocycles. The van der Waals surface area contributed by atoms with E-state index >= 15 is 0 Å². The highest BCUT2D eigenvalue weighted by Crippen LogP contribution is 2.28. The normalized spacial score (nSPS) is 10.6. The highest BCUT2D eigenvalue weighted by Gasteiger charge is 2.22. The van der Waals surface area contributed by atoms with Gasteiger partial charge in [-0.05, 0) is 22.9 Å². The van der Waals surface area contributed by atoms with E-state index in [-0.39, 0.29) is 16.6 Å². The molecule has 94 valence electrons. The van der Waals surface area contributed by atoms with E-state index in [0.717, 1.165) is 6.20 Å². The van der Waals surface area contributed by atoms with Crippen LogP contribution in [0.4, 0.5) is 8.78 Å². The Labute approximate surface area is 104 Å². The molecule has 0 atom stereocenters. The fourth-order valence-corrected chi connectivity index (χ4v) is 1.85. The molecule has 0 radical (unpaired) electrons. The third-order valence-electron chi connectivity index (χ3n) is 2.03. The zero-order chi connectivity index (χ0) is 13.0. The second kappa shape index (κ2) is 5.90. The fraction of sp³-hybridized carbons (Fsp3) is 0.400. The van der Waals surface area contributed by atoms with Crippen molar-refractivity contribution in [3.8, 4) is 0 Å². The number of aromatic amines is 1. The Hall–Kier alpha value is -1.24. The lowest BCUT2D eigenvalue weighted by Crippen LogP contribution is -2.21. The summed E-state index contributed by atoms with van der Waals surface area (Å²) in [6.07, 6.45) is -2.18. The van der Waals surface area contributed by atoms with Gasteiger partial charge in [0.25, 0.3) is 12.0 Å². The van der Waals surface area contributed by atoms with Gasteiger partial charge in [0.15, 0.2) is 0 Å². The van der Waals surface area contributed by atoms with Crippen LogP contribution in [-0.4, -0.2) is 17.6 Å². The Morgan fingerprint density at radius 2 is 2.24 bits per heavy atom. The summed E-state index contributed by atoms with van der Waals surface area (Å²) in [6.45, 7) is 1.73. The summed E-state index contributed by atoms with van der Waals surface area (Å²) in [5.74, 6) is -0.710. The van der Waals surface area contributed by atoms with Gasteiger partial charge in [-0.2, -0.15) is 0 Å². The summed E-state index contributed by atoms with van der Waals surface area (Å²) in [5, 5.41) is 0. The van der Waals surface area contributed by atoms with E-state index in [4.69, 9.17) is 0 Å². The fourth-order valence-electron chi connectivity index (χ4n) is 1.33. The van der Waals surface area contributed by atoms with Crippen molar-refractivity contribution in [3.63, 3.8) is 0 Å². The molecule has 0 aliphatic rings. The first kappa shape index (κ1) is 13.8. The number of halogens is 3. The molecule has 0 bridgehead atoms. The predicted molar refractivity (Wildman–Crippen MR) is 60.1 cm³/mol. The van der Waals surface area contributed by atoms with Crippen LogP contribution >= 0.6 is 15.9 Å². The molecule has 1 N–H and O–H groups in total. The molecule has 0 spiro atoms. The number of esters is 1. The molecule has 17 heavy (non-hydrogen) atoms. The molecule has 1 rings (SSSR count). The number of pyridine rings is 1. The maximum absolute atomic E-state index is 12.8. The van der Waals surface area contributed by atoms with Crippen LogP contribution in [0.2, 0.25) is 0 Å². The Bertz CT molecular complexity index is 473. The number of aromatic nitrogens is 1. The van der Waals surface area contributed by atoms with E-state index in [1.807, 2.05) is 0 Å². The van der Waals surface area contributed by atoms with Crippen molar-refractivity contribution in [2.45, 2.75) is 19.8 Å². The van der Waals surface area contributed by atoms with Gasteiger partial charge in [-0.1, -0.05) is 0 Å². The summed E-state index contributed by atoms with van der Waals surface area (Å²) >= 11 is 2.91. The highest BCUT2D eigenvalue weighted by atomic mass is 79.9. The van der Waals surface area contributed by atoms with Crippen molar-refractivity contribution in [1.29, 1.82) is 0 Å². The van der Waals surface area contributed by atoms with Crippen LogP contribution in [0.25, 0.3) is 0 Å². The van der Waals surface area contributed by atoms with Gasteiger partial charge in [0.1, 0.15) is 0 Å². The summed E-state index contributed by atoms with van der Waals surface area (Å²) in [5.41, 5.74) is -1.45. The van der Waals surface area contributed by atoms with Gasteiger partial charge in [0.05, 0.1) is 13.0 Å². The SMILES string of the molecule is CCOC(=O)Cc1c(C(F)F)c(Br)c[nH]c1=O. The van der Waals surface area contributed by atoms with Crippen LogP contribution in [0.1, 0.15) is 24.5 Å². The monoisotopic (exact) mass is 309 g/mol. The molecule has 0 saturated carbocycles. The zero-order valence-electron chi connectivity index (χ0n) is 8.93. The van der Waals surface area contributed by atoms with Crippen molar-refractivity contribution < 1.29 is 18.3 Å². The Morgan fingerprint density at radius 1 is 1.59 bits per heavy atom. The average molecular weight is 310 g/mol. The Balaban J connectivity index is 3.17. The minimum absolute atomic E-state index is 0.0615. The molecular formula is C10H10BrF2NO3. The van der Waals surface area contributed by atoms with Crippen LogP contribution in [0, 0.1) is 0 Å². The molecule has 1 aromatic rings. The molecule has 4 nitrogen and oxygen atoms in total. The number of hydrogen-bond acceptors (Lipinski definition) is 3. The molecule has 0 aliphatic carbocycles. The summed E-state index contributed by atoms with van der Waals surface area (Å²) in [4.78, 5) is 24.9. The number of alkyl halides is 2. The Morgan fingerprint density at radius 3 is 2.76 bits per heavy atom. The van der Waals surface area contributed by atoms with Crippen molar-refractivity contribution in [1.82, 2.24) is 4.98 Å². The maximum Gasteiger partial charge on any atom is 0.310 e. The first-order chi connectivity index (χ1) is 7.97. The average Bonchev–Trinajstić information content (AvgIpc) is 2.23. The topological polar surface area (TPSA) is 59.2 Å². The van der Waals surface area contributed by atoms with E-state index < -0.39 is 29.9 Å². The lowest BCUT2D eigenvalue weighted by molar-refractivity contribution is -0.142. The Kier molecular flexibility index (Phi) is 4.80. The standard InChI is InChI=1S/C10H10BrF2NO3/c1-2-17-7(15)3-5-8(9(12)13)6(11)4-14-10(5)16/h4,9H,2-3H2,1H3,(H,14,16). The largest absolute Gasteiger partial charge is 0.466 e. The lowest BCUT2D eigenvalue weighted by Gasteiger charge is -2.09. The number of ether oxygens (including phenoxy) is 1. The summed E-state index contributed by atoms with van der Waals surface area (Å²) in [6, 6.07) is 0. The summed E-state index contributed by atoms with van der Waals surface area (Å²) < 4.78 is 30.2. The quantitative estimate of drug-likeness (QED) is 0.867. The second-order valence-corrected chi connectivity index (χ2v) is 3.99. The number of H-pyrrole nitrogens is 1. The van der Waals surface area contributed by atoms with Crippen molar-refractivity contribution in [2.75, 3.05) is 6.61 Å². The van der Waals surface area contributed by atoms with Gasteiger partial charge in [0.2, 0.25) is 0 Å². The second-order valence-electron chi connectivity index (χ2n) is 3.14. The van der Waals surface area contributed by atoms with Gasteiger partial charge in [-0.15, -0.1) is 0 Å². The number of carbonyl (C=O) groups excluding carboxylic acids is 1. The lowest BCUT2D eigenvalue weighted by atomic mass is 10.1. The molecule has 1 aromatic heterocycles. The van der Waals surface area contributed by atoms with Gasteiger partial charge < -0.3 is 9.72 Å². The minimum atomic E-state index is -2.84. The van der Waals surface area contributed by atoms with E-state index in [1.165, 1.54) is 0 Å². The van der Waals surface area contributed by atoms with Gasteiger partial charge in [0, 0.05) is 21.8 Å². The molecule has 0 fully saturated rings. The molecule has 7 heteroatoms. The van der Waals surface area contributed by atoms with Crippen LogP contribution in [0.5, 0.6) is 0 Å². The van der Waals surface area contributed by atoms with Crippen LogP contribution in [-0.2, 0) is 16.0 Å². The van der Waals surface area contributed by atoms with Crippen LogP contribution in [0.15, 0.2) is 15.5 Å². The molecule has 0 aliphatic heterocycles. The van der Waals surface area contributed by atoms with E-state index in [9.17, 15) is 18.4 Å². The number of rotatable bonds is 4. The van der Waals surface area contributed by atoms with Crippen molar-refractivity contribution in [3.05, 3.63) is 32.2 Å². The molecular weight excluding hydrogens is 300 g/mol. The predicted octanol–water partition coefficient (Wildman–Crippen LogP) is 2.18. The van der Waals surface area contributed by atoms with E-state index in [2.05, 4.69) is 25.7 Å². The van der Waals surface area contributed by atoms with Gasteiger partial charge in [-0.3, -0.25) is 9.59 Å². The number of nitrogens with one attached hydrogen (secondary N) is 1. The molecule has 0 unspecified atom stereocenters. The first-order valence-corrected chi connectivity index (χ1v) is 5.60. The maximum atomic E-state index is 12.8. The van der Waals surface area contributed by atoms with Crippen molar-refractivity contribution >= 4 is 21.9 Å². The van der Waals surface area contributed by atoms with Gasteiger partial charge >= 0.3 is 5.97 Å². The van der Waals surface area contributed by atoms with E-state index in [1.54, 1.807) is 6.92 Å². The van der Waals surface area contributed by atoms with E-state index in [0.29, 0.717) is 0 Å². The van der Waals surface area contributed by atoms with Crippen LogP contribution < -0.4 is 5.56 Å². The smallest absolute Gasteiger partial charge is 0.310 e. The first-order valence-electron chi connectivity index (χ1n) is 4.81. The van der Waals surface area contributed by atoms with Gasteiger partial charge in [-0.25, -0.2) is 8.78 Å². The third kappa shape index (κ3) is 3.36. The number of hydrogen-bond donors (Lipinski definition) is 1. The van der Waals surface area contributed by atoms with Crippen molar-refractivity contribution in [2.24, 2.45) is 0 Å². The third-order valence-corrected chi connectivity index (χ3v) is 2.69. The summed E-state index contributed by atoms with van der Waals surface area (Å²) in [7, 11) is 0. The minimum Gasteiger partial charge on any atom is -0.466 e. The number of carbonyl (C=O) groups is 1. The highest BCUT2D eigenvalue weighted by molar-refractivity contribution is 9.10.